The summed E-state index contributed by atoms with van der Waals surface area (Å²) in [5.74, 6) is 3.14. The van der Waals surface area contributed by atoms with Crippen molar-refractivity contribution in [2.75, 3.05) is 0 Å². The minimum atomic E-state index is 0.539. The number of hydrogen-bond acceptors (Lipinski definition) is 2. The van der Waals surface area contributed by atoms with E-state index in [4.69, 9.17) is 4.74 Å². The summed E-state index contributed by atoms with van der Waals surface area (Å²) in [7, 11) is 0. The van der Waals surface area contributed by atoms with Gasteiger partial charge in [-0.15, -0.1) is 0 Å². The molecule has 0 aliphatic heterocycles. The van der Waals surface area contributed by atoms with E-state index in [-0.39, 0.29) is 0 Å². The van der Waals surface area contributed by atoms with Crippen LogP contribution < -0.4 is 4.74 Å². The molecular formula is C8H7NO. The fraction of sp³-hybridized carbons (Fsp3) is 0.125. The van der Waals surface area contributed by atoms with Crippen molar-refractivity contribution >= 4 is 0 Å². The zero-order chi connectivity index (χ0) is 7.23. The average Bonchev–Trinajstić information content (AvgIpc) is 2.03. The molecule has 0 amide bonds. The van der Waals surface area contributed by atoms with Crippen molar-refractivity contribution in [2.24, 2.45) is 0 Å². The van der Waals surface area contributed by atoms with Gasteiger partial charge in [0.2, 0.25) is 5.88 Å². The molecule has 0 aliphatic rings. The van der Waals surface area contributed by atoms with Crippen molar-refractivity contribution < 1.29 is 4.74 Å². The van der Waals surface area contributed by atoms with Gasteiger partial charge in [0.1, 0.15) is 6.11 Å². The van der Waals surface area contributed by atoms with Crippen LogP contribution in [0.25, 0.3) is 0 Å². The number of hydrogen-bond donors (Lipinski definition) is 0. The molecule has 0 atom stereocenters. The molecule has 0 aliphatic carbocycles. The first-order valence-electron chi connectivity index (χ1n) is 2.93. The van der Waals surface area contributed by atoms with Gasteiger partial charge in [-0.25, -0.2) is 4.98 Å². The number of nitrogens with zero attached hydrogens (tertiary/aromatic N) is 1. The van der Waals surface area contributed by atoms with Crippen LogP contribution in [0.5, 0.6) is 5.88 Å². The lowest BCUT2D eigenvalue weighted by molar-refractivity contribution is 0.497. The predicted octanol–water partition coefficient (Wildman–Crippen LogP) is 1.44. The maximum atomic E-state index is 4.88. The van der Waals surface area contributed by atoms with E-state index in [9.17, 15) is 0 Å². The van der Waals surface area contributed by atoms with E-state index in [0.29, 0.717) is 5.88 Å². The molecule has 0 aromatic carbocycles. The highest BCUT2D eigenvalue weighted by atomic mass is 16.5. The first-order chi connectivity index (χ1) is 4.93. The Balaban J connectivity index is 2.64. The van der Waals surface area contributed by atoms with Gasteiger partial charge in [0.25, 0.3) is 0 Å². The Bertz CT molecular complexity index is 245. The Labute approximate surface area is 59.9 Å². The van der Waals surface area contributed by atoms with E-state index in [1.54, 1.807) is 19.2 Å². The first-order valence-corrected chi connectivity index (χ1v) is 2.93. The molecule has 0 saturated carbocycles. The van der Waals surface area contributed by atoms with Gasteiger partial charge in [0.05, 0.1) is 0 Å². The number of aromatic nitrogens is 1. The standard InChI is InChI=1S/C8H7NO/c1-2-7-10-8-5-3-4-6-9-8/h3-6H,1H3. The number of rotatable bonds is 1. The summed E-state index contributed by atoms with van der Waals surface area (Å²) in [4.78, 5) is 3.89. The summed E-state index contributed by atoms with van der Waals surface area (Å²) < 4.78 is 4.88. The van der Waals surface area contributed by atoms with Crippen LogP contribution in [0.3, 0.4) is 0 Å². The minimum Gasteiger partial charge on any atom is -0.388 e. The van der Waals surface area contributed by atoms with Crippen molar-refractivity contribution in [1.29, 1.82) is 0 Å². The molecule has 0 spiro atoms. The monoisotopic (exact) mass is 133 g/mol. The molecule has 1 aromatic rings. The molecule has 0 saturated heterocycles. The lowest BCUT2D eigenvalue weighted by Gasteiger charge is -1.91. The third-order valence-electron chi connectivity index (χ3n) is 0.895. The summed E-state index contributed by atoms with van der Waals surface area (Å²) in [6, 6.07) is 5.43. The summed E-state index contributed by atoms with van der Waals surface area (Å²) in [6.45, 7) is 1.71. The molecular weight excluding hydrogens is 126 g/mol. The van der Waals surface area contributed by atoms with Gasteiger partial charge < -0.3 is 4.74 Å². The molecule has 0 unspecified atom stereocenters. The van der Waals surface area contributed by atoms with Crippen molar-refractivity contribution in [2.45, 2.75) is 6.92 Å². The normalized spacial score (nSPS) is 7.70. The fourth-order valence-corrected chi connectivity index (χ4v) is 0.511. The minimum absolute atomic E-state index is 0.539. The molecule has 0 radical (unpaired) electrons. The maximum absolute atomic E-state index is 4.88. The van der Waals surface area contributed by atoms with Crippen molar-refractivity contribution in [3.63, 3.8) is 0 Å². The Hall–Kier alpha value is -1.49. The lowest BCUT2D eigenvalue weighted by atomic mass is 10.5. The lowest BCUT2D eigenvalue weighted by Crippen LogP contribution is -1.83. The zero-order valence-electron chi connectivity index (χ0n) is 5.66. The van der Waals surface area contributed by atoms with Crippen LogP contribution in [-0.2, 0) is 0 Å². The molecule has 1 aromatic heterocycles. The van der Waals surface area contributed by atoms with Crippen LogP contribution in [0.1, 0.15) is 6.92 Å². The molecule has 0 N–H and O–H groups in total. The molecule has 0 bridgehead atoms. The van der Waals surface area contributed by atoms with Gasteiger partial charge in [0.15, 0.2) is 0 Å². The molecule has 2 heteroatoms. The quantitative estimate of drug-likeness (QED) is 0.541. The van der Waals surface area contributed by atoms with Crippen LogP contribution in [0.4, 0.5) is 0 Å². The molecule has 50 valence electrons. The second-order valence-electron chi connectivity index (χ2n) is 1.62. The third kappa shape index (κ3) is 1.79. The summed E-state index contributed by atoms with van der Waals surface area (Å²) in [5.41, 5.74) is 0. The van der Waals surface area contributed by atoms with E-state index in [1.807, 2.05) is 12.1 Å². The van der Waals surface area contributed by atoms with Crippen LogP contribution >= 0.6 is 0 Å². The van der Waals surface area contributed by atoms with E-state index in [2.05, 4.69) is 17.0 Å². The van der Waals surface area contributed by atoms with Crippen LogP contribution in [0.2, 0.25) is 0 Å². The van der Waals surface area contributed by atoms with Gasteiger partial charge in [-0.2, -0.15) is 0 Å². The highest BCUT2D eigenvalue weighted by molar-refractivity contribution is 5.12. The molecule has 2 nitrogen and oxygen atoms in total. The number of pyridine rings is 1. The second-order valence-corrected chi connectivity index (χ2v) is 1.62. The van der Waals surface area contributed by atoms with Gasteiger partial charge in [-0.1, -0.05) is 12.0 Å². The summed E-state index contributed by atoms with van der Waals surface area (Å²) >= 11 is 0. The smallest absolute Gasteiger partial charge is 0.230 e. The topological polar surface area (TPSA) is 22.1 Å². The van der Waals surface area contributed by atoms with E-state index in [0.717, 1.165) is 0 Å². The largest absolute Gasteiger partial charge is 0.388 e. The SMILES string of the molecule is CC#COc1ccccn1. The van der Waals surface area contributed by atoms with E-state index >= 15 is 0 Å². The van der Waals surface area contributed by atoms with Crippen molar-refractivity contribution in [3.05, 3.63) is 24.4 Å². The fourth-order valence-electron chi connectivity index (χ4n) is 0.511. The molecule has 1 heterocycles. The van der Waals surface area contributed by atoms with Crippen LogP contribution in [0.15, 0.2) is 24.4 Å². The first kappa shape index (κ1) is 6.63. The van der Waals surface area contributed by atoms with Gasteiger partial charge in [0, 0.05) is 19.2 Å². The van der Waals surface area contributed by atoms with Crippen molar-refractivity contribution in [1.82, 2.24) is 4.98 Å². The molecule has 0 fully saturated rings. The van der Waals surface area contributed by atoms with E-state index < -0.39 is 0 Å². The van der Waals surface area contributed by atoms with Gasteiger partial charge in [-0.05, 0) is 6.07 Å². The van der Waals surface area contributed by atoms with Gasteiger partial charge >= 0.3 is 0 Å². The highest BCUT2D eigenvalue weighted by Gasteiger charge is 1.85. The third-order valence-corrected chi connectivity index (χ3v) is 0.895. The summed E-state index contributed by atoms with van der Waals surface area (Å²) in [5, 5.41) is 0. The Kier molecular flexibility index (Phi) is 2.33. The maximum Gasteiger partial charge on any atom is 0.230 e. The molecule has 1 rings (SSSR count). The van der Waals surface area contributed by atoms with Crippen LogP contribution in [-0.4, -0.2) is 4.98 Å². The Morgan fingerprint density at radius 1 is 1.50 bits per heavy atom. The zero-order valence-corrected chi connectivity index (χ0v) is 5.66. The summed E-state index contributed by atoms with van der Waals surface area (Å²) in [6.07, 6.45) is 4.11. The number of ether oxygens (including phenoxy) is 1. The average molecular weight is 133 g/mol. The Morgan fingerprint density at radius 2 is 2.40 bits per heavy atom. The van der Waals surface area contributed by atoms with Crippen LogP contribution in [0, 0.1) is 12.0 Å². The van der Waals surface area contributed by atoms with E-state index in [1.165, 1.54) is 0 Å². The molecule has 10 heavy (non-hydrogen) atoms. The second kappa shape index (κ2) is 3.52. The van der Waals surface area contributed by atoms with Gasteiger partial charge in [-0.3, -0.25) is 0 Å². The predicted molar refractivity (Wildman–Crippen MR) is 38.3 cm³/mol. The van der Waals surface area contributed by atoms with Crippen molar-refractivity contribution in [3.8, 4) is 17.9 Å². The Morgan fingerprint density at radius 3 is 3.00 bits per heavy atom. The highest BCUT2D eigenvalue weighted by Crippen LogP contribution is 2.00.